The summed E-state index contributed by atoms with van der Waals surface area (Å²) in [5.74, 6) is -1.02. The third kappa shape index (κ3) is 6.43. The molecule has 0 unspecified atom stereocenters. The minimum atomic E-state index is -0.556. The molecule has 132 valence electrons. The number of rotatable bonds is 7. The van der Waals surface area contributed by atoms with Gasteiger partial charge in [0.05, 0.1) is 5.56 Å². The first-order valence-electron chi connectivity index (χ1n) is 7.85. The molecule has 3 N–H and O–H groups in total. The number of hydrogen-bond donors (Lipinski definition) is 3. The van der Waals surface area contributed by atoms with Crippen molar-refractivity contribution in [2.75, 3.05) is 13.1 Å². The molecule has 0 spiro atoms. The van der Waals surface area contributed by atoms with Crippen LogP contribution in [0.4, 0.5) is 9.18 Å². The lowest BCUT2D eigenvalue weighted by atomic mass is 10.2. The Morgan fingerprint density at radius 3 is 2.32 bits per heavy atom. The molecule has 3 amide bonds. The zero-order valence-corrected chi connectivity index (χ0v) is 14.3. The van der Waals surface area contributed by atoms with Crippen LogP contribution < -0.4 is 16.0 Å². The van der Waals surface area contributed by atoms with Crippen LogP contribution in [0.3, 0.4) is 0 Å². The van der Waals surface area contributed by atoms with Gasteiger partial charge < -0.3 is 16.0 Å². The molecule has 0 heterocycles. The minimum absolute atomic E-state index is 0.0103. The molecule has 0 bridgehead atoms. The zero-order valence-electron chi connectivity index (χ0n) is 13.5. The number of urea groups is 1. The van der Waals surface area contributed by atoms with Crippen LogP contribution in [0.15, 0.2) is 48.5 Å². The molecule has 0 aliphatic rings. The van der Waals surface area contributed by atoms with Crippen molar-refractivity contribution in [2.45, 2.75) is 13.0 Å². The van der Waals surface area contributed by atoms with Gasteiger partial charge in [0, 0.05) is 24.7 Å². The Hall–Kier alpha value is -2.60. The zero-order chi connectivity index (χ0) is 18.1. The van der Waals surface area contributed by atoms with Crippen LogP contribution in [-0.4, -0.2) is 25.0 Å². The van der Waals surface area contributed by atoms with E-state index in [1.165, 1.54) is 18.2 Å². The predicted octanol–water partition coefficient (Wildman–Crippen LogP) is 3.10. The normalized spacial score (nSPS) is 10.2. The molecule has 0 radical (unpaired) electrons. The van der Waals surface area contributed by atoms with Crippen molar-refractivity contribution in [3.8, 4) is 0 Å². The van der Waals surface area contributed by atoms with Crippen LogP contribution >= 0.6 is 11.6 Å². The van der Waals surface area contributed by atoms with Crippen LogP contribution in [0.2, 0.25) is 5.02 Å². The average Bonchev–Trinajstić information content (AvgIpc) is 2.61. The highest BCUT2D eigenvalue weighted by Gasteiger charge is 2.09. The fourth-order valence-corrected chi connectivity index (χ4v) is 2.21. The summed E-state index contributed by atoms with van der Waals surface area (Å²) in [6, 6.07) is 12.7. The van der Waals surface area contributed by atoms with Crippen molar-refractivity contribution in [1.29, 1.82) is 0 Å². The molecule has 2 aromatic rings. The number of carbonyl (C=O) groups excluding carboxylic acids is 2. The van der Waals surface area contributed by atoms with E-state index in [0.29, 0.717) is 31.1 Å². The van der Waals surface area contributed by atoms with E-state index in [2.05, 4.69) is 16.0 Å². The van der Waals surface area contributed by atoms with Crippen LogP contribution in [0.1, 0.15) is 22.3 Å². The molecule has 5 nitrogen and oxygen atoms in total. The van der Waals surface area contributed by atoms with E-state index >= 15 is 0 Å². The fourth-order valence-electron chi connectivity index (χ4n) is 2.08. The van der Waals surface area contributed by atoms with E-state index in [0.717, 1.165) is 5.56 Å². The molecular weight excluding hydrogens is 345 g/mol. The summed E-state index contributed by atoms with van der Waals surface area (Å²) < 4.78 is 13.4. The Morgan fingerprint density at radius 1 is 0.920 bits per heavy atom. The van der Waals surface area contributed by atoms with Crippen molar-refractivity contribution in [3.63, 3.8) is 0 Å². The quantitative estimate of drug-likeness (QED) is 0.661. The largest absolute Gasteiger partial charge is 0.352 e. The average molecular weight is 364 g/mol. The first kappa shape index (κ1) is 18.7. The molecule has 0 aliphatic heterocycles. The third-order valence-corrected chi connectivity index (χ3v) is 3.66. The smallest absolute Gasteiger partial charge is 0.315 e. The number of amides is 3. The molecule has 0 aromatic heterocycles. The Balaban J connectivity index is 1.59. The van der Waals surface area contributed by atoms with E-state index in [9.17, 15) is 14.0 Å². The van der Waals surface area contributed by atoms with Gasteiger partial charge in [-0.05, 0) is 36.2 Å². The fraction of sp³-hybridized carbons (Fsp3) is 0.222. The molecular formula is C18H19ClFN3O2. The van der Waals surface area contributed by atoms with Gasteiger partial charge in [0.1, 0.15) is 5.82 Å². The van der Waals surface area contributed by atoms with Gasteiger partial charge in [-0.3, -0.25) is 4.79 Å². The van der Waals surface area contributed by atoms with Crippen molar-refractivity contribution >= 4 is 23.5 Å². The van der Waals surface area contributed by atoms with Gasteiger partial charge in [0.2, 0.25) is 0 Å². The van der Waals surface area contributed by atoms with Crippen molar-refractivity contribution in [2.24, 2.45) is 0 Å². The molecule has 0 aliphatic carbocycles. The first-order chi connectivity index (χ1) is 12.1. The lowest BCUT2D eigenvalue weighted by molar-refractivity contribution is 0.0949. The molecule has 0 atom stereocenters. The van der Waals surface area contributed by atoms with Gasteiger partial charge in [0.25, 0.3) is 5.91 Å². The van der Waals surface area contributed by atoms with Gasteiger partial charge in [-0.2, -0.15) is 0 Å². The maximum absolute atomic E-state index is 13.4. The van der Waals surface area contributed by atoms with Gasteiger partial charge in [-0.25, -0.2) is 9.18 Å². The Bertz CT molecular complexity index is 723. The summed E-state index contributed by atoms with van der Waals surface area (Å²) >= 11 is 5.79. The second-order valence-electron chi connectivity index (χ2n) is 5.33. The second kappa shape index (κ2) is 9.64. The van der Waals surface area contributed by atoms with Crippen LogP contribution in [-0.2, 0) is 6.54 Å². The Morgan fingerprint density at radius 2 is 1.60 bits per heavy atom. The summed E-state index contributed by atoms with van der Waals surface area (Å²) in [4.78, 5) is 23.4. The highest BCUT2D eigenvalue weighted by Crippen LogP contribution is 2.09. The van der Waals surface area contributed by atoms with E-state index < -0.39 is 11.7 Å². The standard InChI is InChI=1S/C18H19ClFN3O2/c19-14-8-6-13(7-9-14)12-23-18(25)22-11-3-10-21-17(24)15-4-1-2-5-16(15)20/h1-2,4-9H,3,10-12H2,(H,21,24)(H2,22,23,25). The number of benzene rings is 2. The molecule has 2 rings (SSSR count). The van der Waals surface area contributed by atoms with Gasteiger partial charge in [-0.15, -0.1) is 0 Å². The van der Waals surface area contributed by atoms with Gasteiger partial charge in [0.15, 0.2) is 0 Å². The lowest BCUT2D eigenvalue weighted by Gasteiger charge is -2.09. The number of hydrogen-bond acceptors (Lipinski definition) is 2. The summed E-state index contributed by atoms with van der Waals surface area (Å²) in [7, 11) is 0. The summed E-state index contributed by atoms with van der Waals surface area (Å²) in [6.07, 6.45) is 0.536. The monoisotopic (exact) mass is 363 g/mol. The predicted molar refractivity (Wildman–Crippen MR) is 95.0 cm³/mol. The minimum Gasteiger partial charge on any atom is -0.352 e. The summed E-state index contributed by atoms with van der Waals surface area (Å²) in [6.45, 7) is 1.13. The molecule has 7 heteroatoms. The SMILES string of the molecule is O=C(NCCCNC(=O)c1ccccc1F)NCc1ccc(Cl)cc1. The van der Waals surface area contributed by atoms with Crippen LogP contribution in [0.5, 0.6) is 0 Å². The molecule has 0 saturated carbocycles. The van der Waals surface area contributed by atoms with Crippen molar-refractivity contribution in [3.05, 3.63) is 70.5 Å². The summed E-state index contributed by atoms with van der Waals surface area (Å²) in [5, 5.41) is 8.67. The molecule has 25 heavy (non-hydrogen) atoms. The van der Waals surface area contributed by atoms with Crippen LogP contribution in [0, 0.1) is 5.82 Å². The topological polar surface area (TPSA) is 70.2 Å². The number of nitrogens with one attached hydrogen (secondary N) is 3. The highest BCUT2D eigenvalue weighted by molar-refractivity contribution is 6.30. The van der Waals surface area contributed by atoms with Crippen molar-refractivity contribution in [1.82, 2.24) is 16.0 Å². The maximum Gasteiger partial charge on any atom is 0.315 e. The van der Waals surface area contributed by atoms with E-state index in [-0.39, 0.29) is 11.6 Å². The maximum atomic E-state index is 13.4. The third-order valence-electron chi connectivity index (χ3n) is 3.41. The van der Waals surface area contributed by atoms with E-state index in [4.69, 9.17) is 11.6 Å². The highest BCUT2D eigenvalue weighted by atomic mass is 35.5. The molecule has 0 fully saturated rings. The van der Waals surface area contributed by atoms with Gasteiger partial charge in [-0.1, -0.05) is 35.9 Å². The molecule has 2 aromatic carbocycles. The summed E-state index contributed by atoms with van der Waals surface area (Å²) in [5.41, 5.74) is 0.952. The first-order valence-corrected chi connectivity index (χ1v) is 8.23. The number of halogens is 2. The number of carbonyl (C=O) groups is 2. The van der Waals surface area contributed by atoms with Gasteiger partial charge >= 0.3 is 6.03 Å². The lowest BCUT2D eigenvalue weighted by Crippen LogP contribution is -2.36. The Labute approximate surface area is 150 Å². The second-order valence-corrected chi connectivity index (χ2v) is 5.76. The molecule has 0 saturated heterocycles. The van der Waals surface area contributed by atoms with E-state index in [1.807, 2.05) is 12.1 Å². The van der Waals surface area contributed by atoms with E-state index in [1.54, 1.807) is 18.2 Å². The van der Waals surface area contributed by atoms with Crippen LogP contribution in [0.25, 0.3) is 0 Å². The Kier molecular flexibility index (Phi) is 7.22. The van der Waals surface area contributed by atoms with Crippen molar-refractivity contribution < 1.29 is 14.0 Å².